The molecule has 0 unspecified atom stereocenters. The Bertz CT molecular complexity index is 68.3. The molecule has 0 spiro atoms. The van der Waals surface area contributed by atoms with E-state index in [2.05, 4.69) is 0 Å². The van der Waals surface area contributed by atoms with Crippen LogP contribution in [0.2, 0.25) is 0 Å². The second-order valence-corrected chi connectivity index (χ2v) is 1.13. The Morgan fingerprint density at radius 1 is 1.75 bits per heavy atom. The monoisotopic (exact) mass is 167 g/mol. The zero-order valence-corrected chi connectivity index (χ0v) is 4.73. The molecule has 0 saturated carbocycles. The molecule has 0 radical (unpaired) electrons. The van der Waals surface area contributed by atoms with E-state index < -0.39 is 12.0 Å². The first kappa shape index (κ1) is 16.0. The number of aliphatic carboxylic acids is 1. The van der Waals surface area contributed by atoms with Crippen molar-refractivity contribution in [3.8, 4) is 0 Å². The van der Waals surface area contributed by atoms with Crippen molar-refractivity contribution < 1.29 is 9.90 Å². The quantitative estimate of drug-likeness (QED) is 0.489. The number of hydrogen-bond donors (Lipinski definition) is 2. The average molecular weight is 168 g/mol. The summed E-state index contributed by atoms with van der Waals surface area (Å²) in [5, 5.41) is 7.87. The summed E-state index contributed by atoms with van der Waals surface area (Å²) in [6.07, 6.45) is 0. The van der Waals surface area contributed by atoms with Gasteiger partial charge in [0.1, 0.15) is 6.04 Å². The van der Waals surface area contributed by atoms with Gasteiger partial charge in [0.15, 0.2) is 0 Å². The van der Waals surface area contributed by atoms with Crippen molar-refractivity contribution in [3.63, 3.8) is 0 Å². The van der Waals surface area contributed by atoms with E-state index in [1.807, 2.05) is 0 Å². The maximum absolute atomic E-state index is 9.57. The van der Waals surface area contributed by atoms with Crippen LogP contribution in [0, 0.1) is 0 Å². The molecule has 0 aromatic heterocycles. The summed E-state index contributed by atoms with van der Waals surface area (Å²) < 4.78 is 0. The minimum atomic E-state index is -0.963. The first-order valence-corrected chi connectivity index (χ1v) is 1.63. The number of halogens is 1. The number of carboxylic acids is 1. The Kier molecular flexibility index (Phi) is 16.0. The number of rotatable bonds is 1. The molecule has 0 saturated heterocycles. The molecule has 3 N–H and O–H groups in total. The number of carboxylic acid groups (broad SMARTS) is 1. The van der Waals surface area contributed by atoms with Gasteiger partial charge in [-0.2, -0.15) is 0 Å². The van der Waals surface area contributed by atoms with Crippen LogP contribution in [0.4, 0.5) is 0 Å². The maximum atomic E-state index is 9.57. The summed E-state index contributed by atoms with van der Waals surface area (Å²) in [4.78, 5) is 9.57. The predicted octanol–water partition coefficient (Wildman–Crippen LogP) is -1.08. The fraction of sp³-hybridized carbons (Fsp3) is 0.667. The molecule has 0 amide bonds. The van der Waals surface area contributed by atoms with Gasteiger partial charge in [-0.25, -0.2) is 0 Å². The molecule has 1 atom stereocenters. The summed E-state index contributed by atoms with van der Waals surface area (Å²) in [7, 11) is 0. The van der Waals surface area contributed by atoms with E-state index in [4.69, 9.17) is 10.8 Å². The van der Waals surface area contributed by atoms with E-state index in [1.165, 1.54) is 6.92 Å². The molecule has 0 bridgehead atoms. The van der Waals surface area contributed by atoms with Crippen molar-refractivity contribution in [1.82, 2.24) is 0 Å². The topological polar surface area (TPSA) is 63.3 Å². The van der Waals surface area contributed by atoms with Crippen LogP contribution >= 0.6 is 12.4 Å². The average Bonchev–Trinajstić information content (AvgIpc) is 1.36. The van der Waals surface area contributed by atoms with Crippen LogP contribution in [0.1, 0.15) is 6.92 Å². The molecule has 0 aliphatic rings. The van der Waals surface area contributed by atoms with Crippen molar-refractivity contribution >= 4 is 56.1 Å². The van der Waals surface area contributed by atoms with Gasteiger partial charge < -0.3 is 10.8 Å². The molecule has 0 fully saturated rings. The molecule has 0 aliphatic heterocycles. The van der Waals surface area contributed by atoms with Crippen LogP contribution in [0.3, 0.4) is 0 Å². The second kappa shape index (κ2) is 7.98. The molecule has 48 valence electrons. The molecule has 0 rings (SSSR count). The van der Waals surface area contributed by atoms with Gasteiger partial charge in [0.25, 0.3) is 0 Å². The van der Waals surface area contributed by atoms with E-state index in [0.717, 1.165) is 0 Å². The standard InChI is InChI=1S/C3H7NO2.Ca.ClH.2H/c1-2(4)3(5)6;;;;/h2H,4H2,1H3,(H,5,6);;1H;;/t2-;;;;/m0..../s1. The number of nitrogens with two attached hydrogens (primary N) is 1. The van der Waals surface area contributed by atoms with E-state index in [0.29, 0.717) is 0 Å². The van der Waals surface area contributed by atoms with Gasteiger partial charge in [-0.1, -0.05) is 0 Å². The Morgan fingerprint density at radius 2 is 1.88 bits per heavy atom. The fourth-order valence-corrected chi connectivity index (χ4v) is 0. The molecular weight excluding hydrogens is 158 g/mol. The fourth-order valence-electron chi connectivity index (χ4n) is 0. The second-order valence-electron chi connectivity index (χ2n) is 1.13. The van der Waals surface area contributed by atoms with Crippen LogP contribution in [-0.2, 0) is 4.79 Å². The Hall–Kier alpha value is 0.980. The molecule has 5 heteroatoms. The molecule has 0 aromatic rings. The van der Waals surface area contributed by atoms with Gasteiger partial charge in [0.05, 0.1) is 0 Å². The van der Waals surface area contributed by atoms with E-state index in [-0.39, 0.29) is 50.1 Å². The van der Waals surface area contributed by atoms with Crippen LogP contribution in [0.5, 0.6) is 0 Å². The van der Waals surface area contributed by atoms with Crippen LogP contribution in [-0.4, -0.2) is 54.9 Å². The van der Waals surface area contributed by atoms with Gasteiger partial charge in [0, 0.05) is 0 Å². The third kappa shape index (κ3) is 10.1. The van der Waals surface area contributed by atoms with E-state index in [9.17, 15) is 4.79 Å². The number of carbonyl (C=O) groups is 1. The number of hydrogen-bond acceptors (Lipinski definition) is 2. The Labute approximate surface area is 84.0 Å². The van der Waals surface area contributed by atoms with Crippen molar-refractivity contribution in [2.75, 3.05) is 0 Å². The summed E-state index contributed by atoms with van der Waals surface area (Å²) >= 11 is 0. The van der Waals surface area contributed by atoms with Crippen LogP contribution in [0.15, 0.2) is 0 Å². The van der Waals surface area contributed by atoms with Gasteiger partial charge in [-0.15, -0.1) is 12.4 Å². The van der Waals surface area contributed by atoms with Gasteiger partial charge in [-0.3, -0.25) is 4.79 Å². The van der Waals surface area contributed by atoms with E-state index in [1.54, 1.807) is 0 Å². The molecule has 0 aromatic carbocycles. The molecule has 0 aliphatic carbocycles. The summed E-state index contributed by atoms with van der Waals surface area (Å²) in [6.45, 7) is 1.42. The van der Waals surface area contributed by atoms with Crippen molar-refractivity contribution in [2.45, 2.75) is 13.0 Å². The minimum absolute atomic E-state index is 0. The first-order valence-electron chi connectivity index (χ1n) is 1.63. The molecule has 3 nitrogen and oxygen atoms in total. The van der Waals surface area contributed by atoms with Crippen molar-refractivity contribution in [2.24, 2.45) is 5.73 Å². The molecular formula is C3H10CaClNO2. The normalized spacial score (nSPS) is 10.2. The van der Waals surface area contributed by atoms with Crippen LogP contribution in [0.25, 0.3) is 0 Å². The summed E-state index contributed by atoms with van der Waals surface area (Å²) in [5.41, 5.74) is 4.84. The Morgan fingerprint density at radius 3 is 1.88 bits per heavy atom. The SMILES string of the molecule is C[C@H](N)C(=O)O.Cl.[CaH2]. The van der Waals surface area contributed by atoms with Gasteiger partial charge in [0.2, 0.25) is 0 Å². The molecule has 0 heterocycles. The third-order valence-electron chi connectivity index (χ3n) is 0.390. The van der Waals surface area contributed by atoms with Gasteiger partial charge >= 0.3 is 43.7 Å². The summed E-state index contributed by atoms with van der Waals surface area (Å²) in [6, 6.07) is -0.731. The third-order valence-corrected chi connectivity index (χ3v) is 0.390. The van der Waals surface area contributed by atoms with E-state index >= 15 is 0 Å². The van der Waals surface area contributed by atoms with Gasteiger partial charge in [-0.05, 0) is 6.92 Å². The van der Waals surface area contributed by atoms with Crippen molar-refractivity contribution in [3.05, 3.63) is 0 Å². The molecule has 8 heavy (non-hydrogen) atoms. The Balaban J connectivity index is -0.000000125. The zero-order valence-electron chi connectivity index (χ0n) is 3.92. The summed E-state index contributed by atoms with van der Waals surface area (Å²) in [5.74, 6) is -0.963. The van der Waals surface area contributed by atoms with Crippen molar-refractivity contribution in [1.29, 1.82) is 0 Å². The zero-order chi connectivity index (χ0) is 5.15. The van der Waals surface area contributed by atoms with Crippen LogP contribution < -0.4 is 5.73 Å². The first-order chi connectivity index (χ1) is 2.64. The predicted molar refractivity (Wildman–Crippen MR) is 37.1 cm³/mol.